The van der Waals surface area contributed by atoms with Crippen molar-refractivity contribution in [2.24, 2.45) is 5.41 Å². The summed E-state index contributed by atoms with van der Waals surface area (Å²) < 4.78 is 23.0. The second kappa shape index (κ2) is 5.48. The van der Waals surface area contributed by atoms with Gasteiger partial charge in [0.2, 0.25) is 0 Å². The molecule has 0 aromatic heterocycles. The highest BCUT2D eigenvalue weighted by Gasteiger charge is 2.45. The Morgan fingerprint density at radius 3 is 2.33 bits per heavy atom. The van der Waals surface area contributed by atoms with Gasteiger partial charge >= 0.3 is 5.97 Å². The summed E-state index contributed by atoms with van der Waals surface area (Å²) in [6.07, 6.45) is -8.47. The Morgan fingerprint density at radius 2 is 1.83 bits per heavy atom. The largest absolute Gasteiger partial charge is 0.462 e. The van der Waals surface area contributed by atoms with Crippen molar-refractivity contribution in [1.82, 2.24) is 0 Å². The second-order valence-corrected chi connectivity index (χ2v) is 5.34. The van der Waals surface area contributed by atoms with Gasteiger partial charge in [-0.2, -0.15) is 0 Å². The third kappa shape index (κ3) is 3.38. The predicted octanol–water partition coefficient (Wildman–Crippen LogP) is -0.647. The normalized spacial score (nSPS) is 37.4. The van der Waals surface area contributed by atoms with E-state index < -0.39 is 42.2 Å². The molecule has 0 bridgehead atoms. The molecule has 1 saturated heterocycles. The van der Waals surface area contributed by atoms with Crippen molar-refractivity contribution in [2.45, 2.75) is 51.5 Å². The molecule has 1 aliphatic heterocycles. The quantitative estimate of drug-likeness (QED) is 0.575. The summed E-state index contributed by atoms with van der Waals surface area (Å²) in [6, 6.07) is 0. The number of esters is 1. The van der Waals surface area contributed by atoms with Crippen molar-refractivity contribution >= 4 is 5.97 Å². The summed E-state index contributed by atoms with van der Waals surface area (Å²) in [6.45, 7) is 4.54. The average Bonchev–Trinajstić information content (AvgIpc) is 2.27. The van der Waals surface area contributed by atoms with Crippen LogP contribution in [-0.2, 0) is 14.3 Å². The Morgan fingerprint density at radius 1 is 1.28 bits per heavy atom. The third-order valence-corrected chi connectivity index (χ3v) is 2.63. The molecule has 0 aliphatic carbocycles. The van der Waals surface area contributed by atoms with Gasteiger partial charge in [0.15, 0.2) is 12.5 Å². The molecule has 3 N–H and O–H groups in total. The van der Waals surface area contributed by atoms with E-state index in [9.17, 15) is 19.4 Å². The van der Waals surface area contributed by atoms with Gasteiger partial charge in [0, 0.05) is 0 Å². The van der Waals surface area contributed by atoms with E-state index in [0.29, 0.717) is 0 Å². The first-order chi connectivity index (χ1) is 8.14. The highest BCUT2D eigenvalue weighted by molar-refractivity contribution is 5.75. The fraction of sp³-hybridized carbons (Fsp3) is 0.909. The first-order valence-corrected chi connectivity index (χ1v) is 5.65. The van der Waals surface area contributed by atoms with Gasteiger partial charge in [-0.15, -0.1) is 0 Å². The number of halogens is 1. The summed E-state index contributed by atoms with van der Waals surface area (Å²) >= 11 is 0. The number of ether oxygens (including phenoxy) is 2. The lowest BCUT2D eigenvalue weighted by molar-refractivity contribution is -0.276. The van der Waals surface area contributed by atoms with Gasteiger partial charge in [-0.25, -0.2) is 4.39 Å². The Kier molecular flexibility index (Phi) is 4.66. The van der Waals surface area contributed by atoms with E-state index in [1.165, 1.54) is 0 Å². The van der Waals surface area contributed by atoms with Crippen molar-refractivity contribution in [1.29, 1.82) is 0 Å². The molecule has 5 atom stereocenters. The first-order valence-electron chi connectivity index (χ1n) is 5.65. The molecule has 0 amide bonds. The number of rotatable bonds is 2. The van der Waals surface area contributed by atoms with Crippen LogP contribution in [0.4, 0.5) is 4.39 Å². The van der Waals surface area contributed by atoms with Gasteiger partial charge < -0.3 is 24.8 Å². The summed E-state index contributed by atoms with van der Waals surface area (Å²) in [4.78, 5) is 11.5. The first kappa shape index (κ1) is 15.3. The minimum Gasteiger partial charge on any atom is -0.462 e. The summed E-state index contributed by atoms with van der Waals surface area (Å²) in [5, 5.41) is 27.8. The van der Waals surface area contributed by atoms with Crippen LogP contribution < -0.4 is 0 Å². The van der Waals surface area contributed by atoms with Gasteiger partial charge in [0.25, 0.3) is 0 Å². The van der Waals surface area contributed by atoms with Gasteiger partial charge in [0.1, 0.15) is 24.9 Å². The van der Waals surface area contributed by atoms with Gasteiger partial charge in [-0.3, -0.25) is 4.79 Å². The molecular formula is C11H19FO6. The lowest BCUT2D eigenvalue weighted by Gasteiger charge is -2.37. The third-order valence-electron chi connectivity index (χ3n) is 2.63. The van der Waals surface area contributed by atoms with Crippen LogP contribution in [0, 0.1) is 5.41 Å². The van der Waals surface area contributed by atoms with Crippen molar-refractivity contribution in [3.63, 3.8) is 0 Å². The topological polar surface area (TPSA) is 96.2 Å². The fourth-order valence-electron chi connectivity index (χ4n) is 1.42. The van der Waals surface area contributed by atoms with Crippen LogP contribution in [0.2, 0.25) is 0 Å². The molecule has 0 aromatic carbocycles. The smallest absolute Gasteiger partial charge is 0.311 e. The van der Waals surface area contributed by atoms with Crippen molar-refractivity contribution < 1.29 is 34.0 Å². The molecule has 1 fully saturated rings. The SMILES string of the molecule is CC(C)(C)C(=O)OC[C@H]1O[C@@H](O)[C@H](O)[C@H](F)[C@@H]1O. The molecule has 1 heterocycles. The van der Waals surface area contributed by atoms with E-state index in [-0.39, 0.29) is 6.61 Å². The Hall–Kier alpha value is -0.760. The van der Waals surface area contributed by atoms with Gasteiger partial charge in [-0.05, 0) is 20.8 Å². The summed E-state index contributed by atoms with van der Waals surface area (Å²) in [7, 11) is 0. The molecule has 0 radical (unpaired) electrons. The van der Waals surface area contributed by atoms with Gasteiger partial charge in [0.05, 0.1) is 5.41 Å². The predicted molar refractivity (Wildman–Crippen MR) is 58.2 cm³/mol. The monoisotopic (exact) mass is 266 g/mol. The number of hydrogen-bond donors (Lipinski definition) is 3. The number of carbonyl (C=O) groups excluding carboxylic acids is 1. The zero-order chi connectivity index (χ0) is 14.1. The number of aliphatic hydroxyl groups excluding tert-OH is 3. The van der Waals surface area contributed by atoms with E-state index >= 15 is 0 Å². The number of aliphatic hydroxyl groups is 3. The number of alkyl halides is 1. The molecule has 0 spiro atoms. The number of hydrogen-bond acceptors (Lipinski definition) is 6. The van der Waals surface area contributed by atoms with Crippen LogP contribution >= 0.6 is 0 Å². The molecule has 0 unspecified atom stereocenters. The standard InChI is InChI=1S/C11H19FO6/c1-11(2,3)10(16)17-4-5-7(13)6(12)8(14)9(15)18-5/h5-9,13-15H,4H2,1-3H3/t5-,6-,7-,8-,9-/m1/s1. The van der Waals surface area contributed by atoms with E-state index in [1.807, 2.05) is 0 Å². The van der Waals surface area contributed by atoms with Crippen LogP contribution in [0.25, 0.3) is 0 Å². The lowest BCUT2D eigenvalue weighted by atomic mass is 9.97. The molecule has 7 heteroatoms. The van der Waals surface area contributed by atoms with Gasteiger partial charge in [-0.1, -0.05) is 0 Å². The van der Waals surface area contributed by atoms with Crippen LogP contribution in [0.1, 0.15) is 20.8 Å². The van der Waals surface area contributed by atoms with Crippen LogP contribution in [0.5, 0.6) is 0 Å². The average molecular weight is 266 g/mol. The molecule has 0 aromatic rings. The van der Waals surface area contributed by atoms with E-state index in [4.69, 9.17) is 14.6 Å². The van der Waals surface area contributed by atoms with Crippen LogP contribution in [-0.4, -0.2) is 58.7 Å². The zero-order valence-corrected chi connectivity index (χ0v) is 10.5. The van der Waals surface area contributed by atoms with Crippen LogP contribution in [0.15, 0.2) is 0 Å². The molecule has 106 valence electrons. The fourth-order valence-corrected chi connectivity index (χ4v) is 1.42. The van der Waals surface area contributed by atoms with E-state index in [2.05, 4.69) is 0 Å². The molecular weight excluding hydrogens is 247 g/mol. The molecule has 18 heavy (non-hydrogen) atoms. The summed E-state index contributed by atoms with van der Waals surface area (Å²) in [5.74, 6) is -0.533. The maximum atomic E-state index is 13.3. The Labute approximate surface area is 104 Å². The van der Waals surface area contributed by atoms with E-state index in [1.54, 1.807) is 20.8 Å². The van der Waals surface area contributed by atoms with Crippen LogP contribution in [0.3, 0.4) is 0 Å². The molecule has 1 rings (SSSR count). The van der Waals surface area contributed by atoms with Crippen molar-refractivity contribution in [3.05, 3.63) is 0 Å². The summed E-state index contributed by atoms with van der Waals surface area (Å²) in [5.41, 5.74) is -0.729. The lowest BCUT2D eigenvalue weighted by Crippen LogP contribution is -2.57. The second-order valence-electron chi connectivity index (χ2n) is 5.34. The Bertz CT molecular complexity index is 302. The highest BCUT2D eigenvalue weighted by Crippen LogP contribution is 2.23. The molecule has 6 nitrogen and oxygen atoms in total. The Balaban J connectivity index is 2.55. The minimum absolute atomic E-state index is 0.387. The minimum atomic E-state index is -2.05. The maximum Gasteiger partial charge on any atom is 0.311 e. The van der Waals surface area contributed by atoms with E-state index in [0.717, 1.165) is 0 Å². The highest BCUT2D eigenvalue weighted by atomic mass is 19.1. The molecule has 1 aliphatic rings. The number of carbonyl (C=O) groups is 1. The zero-order valence-electron chi connectivity index (χ0n) is 10.5. The van der Waals surface area contributed by atoms with Crippen molar-refractivity contribution in [2.75, 3.05) is 6.61 Å². The maximum absolute atomic E-state index is 13.3. The molecule has 0 saturated carbocycles. The van der Waals surface area contributed by atoms with Crippen molar-refractivity contribution in [3.8, 4) is 0 Å².